The molecule has 0 N–H and O–H groups in total. The molecule has 0 aromatic carbocycles. The molecule has 1 aliphatic rings. The van der Waals surface area contributed by atoms with Gasteiger partial charge in [0.2, 0.25) is 0 Å². The topological polar surface area (TPSA) is 44.5 Å². The van der Waals surface area contributed by atoms with Crippen molar-refractivity contribution in [3.63, 3.8) is 0 Å². The molecule has 0 radical (unpaired) electrons. The van der Waals surface area contributed by atoms with Crippen LogP contribution in [-0.2, 0) is 4.74 Å². The molecule has 2 rings (SSSR count). The molecule has 0 aliphatic carbocycles. The number of nitrogens with zero attached hydrogens (tertiary/aromatic N) is 1. The molecule has 4 heteroatoms. The van der Waals surface area contributed by atoms with E-state index in [1.165, 1.54) is 6.26 Å². The second-order valence-electron chi connectivity index (χ2n) is 3.23. The van der Waals surface area contributed by atoms with Gasteiger partial charge in [0.05, 0.1) is 6.61 Å². The van der Waals surface area contributed by atoms with E-state index in [4.69, 9.17) is 9.47 Å². The Balaban J connectivity index is 1.72. The second kappa shape index (κ2) is 4.28. The third kappa shape index (κ3) is 2.45. The predicted octanol–water partition coefficient (Wildman–Crippen LogP) is 1.48. The van der Waals surface area contributed by atoms with Crippen molar-refractivity contribution in [3.05, 3.63) is 12.5 Å². The SMILES string of the molecule is c1nocc1OCC1CCOCC1. The summed E-state index contributed by atoms with van der Waals surface area (Å²) in [6, 6.07) is 0. The lowest BCUT2D eigenvalue weighted by atomic mass is 10.0. The molecule has 0 bridgehead atoms. The Bertz CT molecular complexity index is 229. The van der Waals surface area contributed by atoms with Crippen LogP contribution in [0.4, 0.5) is 0 Å². The first-order valence-corrected chi connectivity index (χ1v) is 4.55. The third-order valence-corrected chi connectivity index (χ3v) is 2.24. The van der Waals surface area contributed by atoms with Crippen LogP contribution in [0.5, 0.6) is 5.75 Å². The highest BCUT2D eigenvalue weighted by molar-refractivity contribution is 5.07. The molecular weight excluding hydrogens is 170 g/mol. The van der Waals surface area contributed by atoms with E-state index in [0.29, 0.717) is 11.7 Å². The smallest absolute Gasteiger partial charge is 0.178 e. The Morgan fingerprint density at radius 2 is 2.31 bits per heavy atom. The summed E-state index contributed by atoms with van der Waals surface area (Å²) in [4.78, 5) is 0. The number of hydrogen-bond acceptors (Lipinski definition) is 4. The number of aromatic nitrogens is 1. The van der Waals surface area contributed by atoms with Gasteiger partial charge in [-0.25, -0.2) is 0 Å². The molecule has 4 nitrogen and oxygen atoms in total. The molecule has 0 amide bonds. The maximum Gasteiger partial charge on any atom is 0.178 e. The van der Waals surface area contributed by atoms with Crippen molar-refractivity contribution in [1.29, 1.82) is 0 Å². The minimum atomic E-state index is 0.614. The van der Waals surface area contributed by atoms with Crippen LogP contribution in [0.1, 0.15) is 12.8 Å². The fourth-order valence-corrected chi connectivity index (χ4v) is 1.39. The molecule has 0 spiro atoms. The highest BCUT2D eigenvalue weighted by Gasteiger charge is 2.14. The van der Waals surface area contributed by atoms with E-state index < -0.39 is 0 Å². The summed E-state index contributed by atoms with van der Waals surface area (Å²) in [6.45, 7) is 2.46. The van der Waals surface area contributed by atoms with E-state index in [2.05, 4.69) is 9.68 Å². The highest BCUT2D eigenvalue weighted by Crippen LogP contribution is 2.16. The highest BCUT2D eigenvalue weighted by atomic mass is 16.5. The maximum atomic E-state index is 5.47. The van der Waals surface area contributed by atoms with E-state index in [9.17, 15) is 0 Å². The van der Waals surface area contributed by atoms with Crippen molar-refractivity contribution >= 4 is 0 Å². The largest absolute Gasteiger partial charge is 0.488 e. The number of hydrogen-bond donors (Lipinski definition) is 0. The molecule has 2 heterocycles. The van der Waals surface area contributed by atoms with Crippen molar-refractivity contribution in [2.45, 2.75) is 12.8 Å². The summed E-state index contributed by atoms with van der Waals surface area (Å²) >= 11 is 0. The fourth-order valence-electron chi connectivity index (χ4n) is 1.39. The Kier molecular flexibility index (Phi) is 2.82. The summed E-state index contributed by atoms with van der Waals surface area (Å²) in [5.41, 5.74) is 0. The van der Waals surface area contributed by atoms with E-state index in [1.54, 1.807) is 6.20 Å². The van der Waals surface area contributed by atoms with Crippen LogP contribution < -0.4 is 4.74 Å². The molecule has 1 aliphatic heterocycles. The van der Waals surface area contributed by atoms with Crippen molar-refractivity contribution in [3.8, 4) is 5.75 Å². The Hall–Kier alpha value is -1.03. The minimum Gasteiger partial charge on any atom is -0.488 e. The average Bonchev–Trinajstić information content (AvgIpc) is 2.69. The molecule has 13 heavy (non-hydrogen) atoms. The van der Waals surface area contributed by atoms with Crippen LogP contribution in [0.15, 0.2) is 17.0 Å². The molecule has 1 aromatic rings. The first-order chi connectivity index (χ1) is 6.45. The average molecular weight is 183 g/mol. The first-order valence-electron chi connectivity index (χ1n) is 4.55. The molecule has 1 fully saturated rings. The number of rotatable bonds is 3. The first kappa shape index (κ1) is 8.56. The maximum absolute atomic E-state index is 5.47. The summed E-state index contributed by atoms with van der Waals surface area (Å²) in [7, 11) is 0. The van der Waals surface area contributed by atoms with Crippen molar-refractivity contribution < 1.29 is 14.0 Å². The minimum absolute atomic E-state index is 0.614. The van der Waals surface area contributed by atoms with Gasteiger partial charge in [-0.15, -0.1) is 0 Å². The monoisotopic (exact) mass is 183 g/mol. The van der Waals surface area contributed by atoms with Gasteiger partial charge >= 0.3 is 0 Å². The Morgan fingerprint density at radius 1 is 1.46 bits per heavy atom. The standard InChI is InChI=1S/C9H13NO3/c1-3-11-4-2-8(1)6-12-9-5-10-13-7-9/h5,7-8H,1-4,6H2. The predicted molar refractivity (Wildman–Crippen MR) is 45.5 cm³/mol. The van der Waals surface area contributed by atoms with E-state index >= 15 is 0 Å². The van der Waals surface area contributed by atoms with Gasteiger partial charge in [-0.05, 0) is 18.8 Å². The molecule has 1 saturated heterocycles. The molecule has 72 valence electrons. The van der Waals surface area contributed by atoms with Crippen LogP contribution in [0.3, 0.4) is 0 Å². The molecular formula is C9H13NO3. The van der Waals surface area contributed by atoms with Crippen LogP contribution in [0.2, 0.25) is 0 Å². The summed E-state index contributed by atoms with van der Waals surface area (Å²) in [6.07, 6.45) is 5.27. The summed E-state index contributed by atoms with van der Waals surface area (Å²) < 4.78 is 15.4. The van der Waals surface area contributed by atoms with Gasteiger partial charge in [0.25, 0.3) is 0 Å². The van der Waals surface area contributed by atoms with Gasteiger partial charge in [0.15, 0.2) is 12.0 Å². The summed E-state index contributed by atoms with van der Waals surface area (Å²) in [5.74, 6) is 1.33. The molecule has 0 atom stereocenters. The Labute approximate surface area is 76.8 Å². The van der Waals surface area contributed by atoms with Gasteiger partial charge in [-0.3, -0.25) is 0 Å². The fraction of sp³-hybridized carbons (Fsp3) is 0.667. The van der Waals surface area contributed by atoms with Gasteiger partial charge < -0.3 is 14.0 Å². The van der Waals surface area contributed by atoms with Crippen LogP contribution in [0.25, 0.3) is 0 Å². The van der Waals surface area contributed by atoms with Gasteiger partial charge in [0.1, 0.15) is 6.20 Å². The summed E-state index contributed by atoms with van der Waals surface area (Å²) in [5, 5.41) is 3.56. The molecule has 1 aromatic heterocycles. The lowest BCUT2D eigenvalue weighted by Gasteiger charge is -2.21. The zero-order valence-electron chi connectivity index (χ0n) is 7.44. The number of ether oxygens (including phenoxy) is 2. The lowest BCUT2D eigenvalue weighted by molar-refractivity contribution is 0.0496. The second-order valence-corrected chi connectivity index (χ2v) is 3.23. The zero-order valence-corrected chi connectivity index (χ0v) is 7.44. The van der Waals surface area contributed by atoms with Crippen molar-refractivity contribution in [2.24, 2.45) is 5.92 Å². The van der Waals surface area contributed by atoms with Crippen molar-refractivity contribution in [2.75, 3.05) is 19.8 Å². The normalized spacial score (nSPS) is 18.8. The van der Waals surface area contributed by atoms with Gasteiger partial charge in [-0.1, -0.05) is 5.16 Å². The van der Waals surface area contributed by atoms with Crippen LogP contribution in [0, 0.1) is 5.92 Å². The van der Waals surface area contributed by atoms with E-state index in [1.807, 2.05) is 0 Å². The quantitative estimate of drug-likeness (QED) is 0.712. The van der Waals surface area contributed by atoms with Gasteiger partial charge in [-0.2, -0.15) is 0 Å². The third-order valence-electron chi connectivity index (χ3n) is 2.24. The lowest BCUT2D eigenvalue weighted by Crippen LogP contribution is -2.21. The zero-order chi connectivity index (χ0) is 8.93. The van der Waals surface area contributed by atoms with Gasteiger partial charge in [0, 0.05) is 13.2 Å². The Morgan fingerprint density at radius 3 is 3.00 bits per heavy atom. The van der Waals surface area contributed by atoms with E-state index in [-0.39, 0.29) is 0 Å². The molecule has 0 saturated carbocycles. The van der Waals surface area contributed by atoms with E-state index in [0.717, 1.165) is 32.7 Å². The van der Waals surface area contributed by atoms with Crippen LogP contribution in [-0.4, -0.2) is 25.0 Å². The molecule has 0 unspecified atom stereocenters. The van der Waals surface area contributed by atoms with Crippen molar-refractivity contribution in [1.82, 2.24) is 5.16 Å². The van der Waals surface area contributed by atoms with Crippen LogP contribution >= 0.6 is 0 Å².